The van der Waals surface area contributed by atoms with Gasteiger partial charge in [0.25, 0.3) is 0 Å². The van der Waals surface area contributed by atoms with Crippen molar-refractivity contribution in [2.75, 3.05) is 84.1 Å². The van der Waals surface area contributed by atoms with Gasteiger partial charge in [-0.15, -0.1) is 10.9 Å². The Morgan fingerprint density at radius 3 is 1.75 bits per heavy atom. The lowest BCUT2D eigenvalue weighted by Gasteiger charge is -2.44. The summed E-state index contributed by atoms with van der Waals surface area (Å²) in [6, 6.07) is 22.2. The SMILES string of the molecule is COc1ccc([C@H](Cc2c(Cl)c[n+]([O-])cc2Cl)OC(=O)C2=CC=C(CN(C(=O)O[C@H]3CN4CCC3CC4)c3ccccc3CO)[S]2C(c2c(Cl)c[n+]([O-])cc2Cl)[C@@H](OC(=O)Cn2cc(CN(C(=O)O[C@H]3CN4CCC3CC4)c3ccccc3F)cn2)c2ccc(OC)c(OC)c2)cc1OC. The molecule has 23 nitrogen and oxygen atoms in total. The summed E-state index contributed by atoms with van der Waals surface area (Å²) in [6.07, 6.45) is 8.22. The normalized spacial score (nSPS) is 20.1. The maximum atomic E-state index is 16.2. The highest BCUT2D eigenvalue weighted by Gasteiger charge is 2.47. The van der Waals surface area contributed by atoms with E-state index >= 15 is 18.8 Å². The van der Waals surface area contributed by atoms with Crippen LogP contribution in [0.25, 0.3) is 0 Å². The summed E-state index contributed by atoms with van der Waals surface area (Å²) in [4.78, 5) is 68.4. The number of esters is 2. The topological polar surface area (TPSA) is 247 Å². The molecular formula is C71H72Cl4FN8O15S. The number of anilines is 2. The molecule has 3 aromatic heterocycles. The number of halogens is 5. The van der Waals surface area contributed by atoms with E-state index in [1.807, 2.05) is 0 Å². The van der Waals surface area contributed by atoms with Crippen LogP contribution in [0.5, 0.6) is 23.0 Å². The highest BCUT2D eigenvalue weighted by Crippen LogP contribution is 2.65. The third-order valence-corrected chi connectivity index (χ3v) is 22.6. The van der Waals surface area contributed by atoms with E-state index in [0.29, 0.717) is 49.9 Å². The van der Waals surface area contributed by atoms with Crippen molar-refractivity contribution in [2.45, 2.75) is 81.5 Å². The van der Waals surface area contributed by atoms with Crippen LogP contribution in [-0.2, 0) is 54.7 Å². The number of methoxy groups -OCH3 is 4. The first kappa shape index (κ1) is 71.3. The van der Waals surface area contributed by atoms with Gasteiger partial charge in [-0.05, 0) is 129 Å². The van der Waals surface area contributed by atoms with Crippen molar-refractivity contribution in [3.63, 3.8) is 0 Å². The fraction of sp³-hybridized carbons (Fsp3) is 0.366. The number of ether oxygens (including phenoxy) is 8. The molecule has 527 valence electrons. The molecule has 7 aromatic rings. The van der Waals surface area contributed by atoms with Gasteiger partial charge in [-0.3, -0.25) is 29.1 Å². The molecule has 0 saturated carbocycles. The number of piperidine rings is 6. The molecular weight excluding hydrogens is 1400 g/mol. The third-order valence-electron chi connectivity index (χ3n) is 18.8. The standard InChI is InChI=1S/C71H72Cl4FN8O15S/c1-92-57-16-13-45(27-60(57)94-3)59(29-49-50(72)34-81(90)35-51(49)73)96-69(87)64-18-15-48(33-84(55-11-7-5-9-47(55)41-85)71(89)98-63-39-79-25-21-44(63)22-26-79)100(64)68(66-52(74)36-82(91)37-53(66)75)67(46-14-17-58(93-2)61(28-46)95-4)99-65(86)40-80-31-42(30-77-80)32-83(56-12-8-6-10-54(56)76)70(88)97-62-38-78-23-19-43(62)20-24-78/h5-18,27-28,30-31,34-37,43-44,59,62-63,67-68,85H,19-26,29,32-33,38-41H2,1-4H3/t59-,62-,63-,67-,68?/m0/s1. The molecule has 0 spiro atoms. The number of aliphatic hydroxyl groups excluding tert-OH is 1. The number of pyridine rings is 2. The molecule has 1 unspecified atom stereocenters. The maximum absolute atomic E-state index is 16.2. The van der Waals surface area contributed by atoms with Crippen LogP contribution in [0.2, 0.25) is 20.1 Å². The molecule has 100 heavy (non-hydrogen) atoms. The molecule has 1 N–H and O–H groups in total. The molecule has 5 atom stereocenters. The van der Waals surface area contributed by atoms with E-state index in [0.717, 1.165) is 76.6 Å². The van der Waals surface area contributed by atoms with Gasteiger partial charge in [0.15, 0.2) is 47.8 Å². The molecule has 4 aromatic carbocycles. The van der Waals surface area contributed by atoms with E-state index in [2.05, 4.69) is 14.9 Å². The number of hydrogen-bond donors (Lipinski definition) is 1. The largest absolute Gasteiger partial charge is 0.619 e. The Bertz CT molecular complexity index is 4220. The molecule has 7 aliphatic rings. The average Bonchev–Trinajstić information content (AvgIpc) is 1.48. The van der Waals surface area contributed by atoms with Crippen LogP contribution in [0.1, 0.15) is 76.5 Å². The van der Waals surface area contributed by atoms with Crippen LogP contribution < -0.4 is 38.2 Å². The van der Waals surface area contributed by atoms with E-state index < -0.39 is 83.7 Å². The average molecular weight is 1470 g/mol. The number of nitrogens with zero attached hydrogens (tertiary/aromatic N) is 8. The number of fused-ring (bicyclic) bond motifs is 6. The Hall–Kier alpha value is -8.53. The zero-order valence-corrected chi connectivity index (χ0v) is 58.7. The molecule has 4 bridgehead atoms. The van der Waals surface area contributed by atoms with Crippen molar-refractivity contribution in [3.05, 3.63) is 214 Å². The number of allylic oxidation sites excluding steroid dienone is 2. The van der Waals surface area contributed by atoms with Gasteiger partial charge in [0.1, 0.15) is 56.9 Å². The van der Waals surface area contributed by atoms with Crippen molar-refractivity contribution >= 4 is 92.8 Å². The fourth-order valence-corrected chi connectivity index (χ4v) is 17.9. The summed E-state index contributed by atoms with van der Waals surface area (Å²) < 4.78 is 66.9. The van der Waals surface area contributed by atoms with Gasteiger partial charge in [0.2, 0.25) is 0 Å². The first-order chi connectivity index (χ1) is 48.3. The van der Waals surface area contributed by atoms with Gasteiger partial charge in [-0.25, -0.2) is 18.8 Å². The Labute approximate surface area is 599 Å². The summed E-state index contributed by atoms with van der Waals surface area (Å²) in [5.74, 6) is -1.28. The second-order valence-corrected chi connectivity index (χ2v) is 28.5. The number of amides is 2. The Morgan fingerprint density at radius 1 is 0.670 bits per heavy atom. The molecule has 2 amide bonds. The number of para-hydroxylation sites is 2. The summed E-state index contributed by atoms with van der Waals surface area (Å²) in [5.41, 5.74) is 1.79. The lowest BCUT2D eigenvalue weighted by atomic mass is 9.86. The quantitative estimate of drug-likeness (QED) is 0.0242. The third kappa shape index (κ3) is 15.7. The predicted molar refractivity (Wildman–Crippen MR) is 371 cm³/mol. The van der Waals surface area contributed by atoms with Crippen molar-refractivity contribution in [3.8, 4) is 23.0 Å². The smallest absolute Gasteiger partial charge is 0.415 e. The second kappa shape index (κ2) is 31.6. The van der Waals surface area contributed by atoms with Crippen LogP contribution in [0.15, 0.2) is 144 Å². The number of benzene rings is 4. The molecule has 1 radical (unpaired) electrons. The fourth-order valence-electron chi connectivity index (χ4n) is 13.7. The highest BCUT2D eigenvalue weighted by molar-refractivity contribution is 8.24. The molecule has 0 aliphatic carbocycles. The molecule has 14 rings (SSSR count). The number of aliphatic hydroxyl groups is 1. The minimum atomic E-state index is -1.91. The first-order valence-electron chi connectivity index (χ1n) is 32.3. The first-order valence-corrected chi connectivity index (χ1v) is 35.1. The maximum Gasteiger partial charge on any atom is 0.415 e. The number of rotatable bonds is 25. The monoisotopic (exact) mass is 1470 g/mol. The molecule has 10 heterocycles. The van der Waals surface area contributed by atoms with Gasteiger partial charge >= 0.3 is 24.1 Å². The van der Waals surface area contributed by atoms with Crippen molar-refractivity contribution < 1.29 is 76.0 Å². The van der Waals surface area contributed by atoms with Gasteiger partial charge in [-0.1, -0.05) is 88.9 Å². The number of aromatic nitrogens is 4. The van der Waals surface area contributed by atoms with Crippen molar-refractivity contribution in [1.29, 1.82) is 0 Å². The van der Waals surface area contributed by atoms with E-state index in [1.165, 1.54) is 79.6 Å². The number of carbonyl (C=O) groups excluding carboxylic acids is 4. The molecule has 6 fully saturated rings. The van der Waals surface area contributed by atoms with Crippen LogP contribution >= 0.6 is 57.3 Å². The minimum Gasteiger partial charge on any atom is -0.619 e. The molecule has 7 aliphatic heterocycles. The van der Waals surface area contributed by atoms with Crippen molar-refractivity contribution in [2.24, 2.45) is 11.8 Å². The predicted octanol–water partition coefficient (Wildman–Crippen LogP) is 12.0. The van der Waals surface area contributed by atoms with Gasteiger partial charge in [0.05, 0.1) is 75.9 Å². The van der Waals surface area contributed by atoms with Crippen LogP contribution in [-0.4, -0.2) is 135 Å². The van der Waals surface area contributed by atoms with Gasteiger partial charge in [0, 0.05) is 52.9 Å². The summed E-state index contributed by atoms with van der Waals surface area (Å²) in [5, 5.41) is 39.6. The van der Waals surface area contributed by atoms with Crippen molar-refractivity contribution in [1.82, 2.24) is 19.6 Å². The summed E-state index contributed by atoms with van der Waals surface area (Å²) in [6.45, 7) is 2.91. The van der Waals surface area contributed by atoms with Gasteiger partial charge < -0.3 is 53.4 Å². The highest BCUT2D eigenvalue weighted by atomic mass is 35.5. The van der Waals surface area contributed by atoms with E-state index in [9.17, 15) is 20.3 Å². The van der Waals surface area contributed by atoms with Gasteiger partial charge in [-0.2, -0.15) is 14.6 Å². The number of hydrogen-bond acceptors (Lipinski definition) is 18. The van der Waals surface area contributed by atoms with E-state index in [1.54, 1.807) is 72.8 Å². The Morgan fingerprint density at radius 2 is 1.20 bits per heavy atom. The zero-order valence-electron chi connectivity index (χ0n) is 54.9. The van der Waals surface area contributed by atoms with Crippen LogP contribution in [0, 0.1) is 28.1 Å². The Balaban J connectivity index is 0.972. The van der Waals surface area contributed by atoms with E-state index in [4.69, 9.17) is 84.3 Å². The van der Waals surface area contributed by atoms with Crippen LogP contribution in [0.3, 0.4) is 0 Å². The lowest BCUT2D eigenvalue weighted by molar-refractivity contribution is -0.605. The zero-order chi connectivity index (χ0) is 70.5. The Kier molecular flexibility index (Phi) is 22.5. The summed E-state index contributed by atoms with van der Waals surface area (Å²) >= 11 is 28.2. The molecule has 29 heteroatoms. The number of carbonyl (C=O) groups is 4. The van der Waals surface area contributed by atoms with Crippen LogP contribution in [0.4, 0.5) is 25.4 Å². The minimum absolute atomic E-state index is 0.0000330. The summed E-state index contributed by atoms with van der Waals surface area (Å²) in [7, 11) is 3.83. The lowest BCUT2D eigenvalue weighted by Crippen LogP contribution is -2.53. The molecule has 6 saturated heterocycles. The second-order valence-electron chi connectivity index (χ2n) is 24.8. The van der Waals surface area contributed by atoms with E-state index in [-0.39, 0.29) is 102 Å².